The van der Waals surface area contributed by atoms with E-state index < -0.39 is 0 Å². The molecule has 2 aromatic heterocycles. The second kappa shape index (κ2) is 6.44. The third kappa shape index (κ3) is 3.29. The molecule has 1 aromatic carbocycles. The second-order valence-corrected chi connectivity index (χ2v) is 5.10. The van der Waals surface area contributed by atoms with Gasteiger partial charge in [-0.15, -0.1) is 0 Å². The van der Waals surface area contributed by atoms with Gasteiger partial charge in [0, 0.05) is 18.1 Å². The summed E-state index contributed by atoms with van der Waals surface area (Å²) in [6.45, 7) is 2.06. The molecule has 0 saturated heterocycles. The third-order valence-corrected chi connectivity index (χ3v) is 3.47. The van der Waals surface area contributed by atoms with Crippen LogP contribution in [0.5, 0.6) is 5.75 Å². The Labute approximate surface area is 132 Å². The van der Waals surface area contributed by atoms with Crippen LogP contribution in [0.15, 0.2) is 65.7 Å². The Balaban J connectivity index is 1.89. The largest absolute Gasteiger partial charge is 0.483 e. The van der Waals surface area contributed by atoms with Crippen molar-refractivity contribution in [3.63, 3.8) is 0 Å². The first-order valence-corrected chi connectivity index (χ1v) is 7.15. The Kier molecular flexibility index (Phi) is 4.19. The SMILES string of the molecule is Cc1ccc(OCc2ccc(F)cc2)c(=O)n1-c1ccncc1. The van der Waals surface area contributed by atoms with Crippen molar-refractivity contribution in [3.05, 3.63) is 88.4 Å². The molecule has 0 spiro atoms. The Morgan fingerprint density at radius 3 is 2.43 bits per heavy atom. The molecular formula is C18H15FN2O2. The van der Waals surface area contributed by atoms with Crippen molar-refractivity contribution in [1.82, 2.24) is 9.55 Å². The summed E-state index contributed by atoms with van der Waals surface area (Å²) in [6.07, 6.45) is 3.26. The van der Waals surface area contributed by atoms with Gasteiger partial charge < -0.3 is 4.74 Å². The van der Waals surface area contributed by atoms with Crippen LogP contribution < -0.4 is 10.3 Å². The maximum Gasteiger partial charge on any atom is 0.297 e. The molecule has 3 rings (SSSR count). The first-order valence-electron chi connectivity index (χ1n) is 7.15. The molecule has 116 valence electrons. The minimum atomic E-state index is -0.302. The summed E-state index contributed by atoms with van der Waals surface area (Å²) in [5.41, 5.74) is 2.09. The first-order chi connectivity index (χ1) is 11.1. The fourth-order valence-electron chi connectivity index (χ4n) is 2.28. The van der Waals surface area contributed by atoms with E-state index in [-0.39, 0.29) is 23.7 Å². The van der Waals surface area contributed by atoms with Crippen LogP contribution in [0.1, 0.15) is 11.3 Å². The Hall–Kier alpha value is -2.95. The minimum absolute atomic E-state index is 0.203. The van der Waals surface area contributed by atoms with Gasteiger partial charge in [-0.25, -0.2) is 4.39 Å². The van der Waals surface area contributed by atoms with Crippen molar-refractivity contribution < 1.29 is 9.13 Å². The van der Waals surface area contributed by atoms with E-state index in [1.807, 2.05) is 13.0 Å². The number of aryl methyl sites for hydroxylation is 1. The van der Waals surface area contributed by atoms with Gasteiger partial charge in [-0.05, 0) is 48.9 Å². The molecule has 3 aromatic rings. The lowest BCUT2D eigenvalue weighted by Gasteiger charge is -2.12. The number of pyridine rings is 2. The van der Waals surface area contributed by atoms with Crippen molar-refractivity contribution in [1.29, 1.82) is 0 Å². The molecule has 0 N–H and O–H groups in total. The summed E-state index contributed by atoms with van der Waals surface area (Å²) in [7, 11) is 0. The molecule has 0 aliphatic carbocycles. The minimum Gasteiger partial charge on any atom is -0.483 e. The van der Waals surface area contributed by atoms with Gasteiger partial charge in [0.2, 0.25) is 0 Å². The number of hydrogen-bond acceptors (Lipinski definition) is 3. The van der Waals surface area contributed by atoms with E-state index in [0.29, 0.717) is 0 Å². The maximum atomic E-state index is 12.9. The number of ether oxygens (including phenoxy) is 1. The molecule has 2 heterocycles. The predicted molar refractivity (Wildman–Crippen MR) is 85.3 cm³/mol. The molecule has 0 fully saturated rings. The Morgan fingerprint density at radius 1 is 1.04 bits per heavy atom. The molecule has 0 atom stereocenters. The lowest BCUT2D eigenvalue weighted by Crippen LogP contribution is -2.22. The molecule has 0 aliphatic rings. The van der Waals surface area contributed by atoms with E-state index in [1.54, 1.807) is 47.3 Å². The number of rotatable bonds is 4. The van der Waals surface area contributed by atoms with Crippen LogP contribution in [0.25, 0.3) is 5.69 Å². The summed E-state index contributed by atoms with van der Waals surface area (Å²) in [5, 5.41) is 0. The fraction of sp³-hybridized carbons (Fsp3) is 0.111. The van der Waals surface area contributed by atoms with Gasteiger partial charge in [-0.3, -0.25) is 14.3 Å². The van der Waals surface area contributed by atoms with Crippen molar-refractivity contribution in [2.75, 3.05) is 0 Å². The number of halogens is 1. The van der Waals surface area contributed by atoms with E-state index in [0.717, 1.165) is 16.9 Å². The van der Waals surface area contributed by atoms with Crippen LogP contribution in [-0.4, -0.2) is 9.55 Å². The van der Waals surface area contributed by atoms with Crippen molar-refractivity contribution >= 4 is 0 Å². The predicted octanol–water partition coefficient (Wildman–Crippen LogP) is 3.26. The maximum absolute atomic E-state index is 12.9. The summed E-state index contributed by atoms with van der Waals surface area (Å²) in [4.78, 5) is 16.6. The third-order valence-electron chi connectivity index (χ3n) is 3.47. The highest BCUT2D eigenvalue weighted by Gasteiger charge is 2.09. The van der Waals surface area contributed by atoms with E-state index in [1.165, 1.54) is 12.1 Å². The zero-order chi connectivity index (χ0) is 16.2. The van der Waals surface area contributed by atoms with Crippen LogP contribution >= 0.6 is 0 Å². The summed E-state index contributed by atoms with van der Waals surface area (Å²) >= 11 is 0. The summed E-state index contributed by atoms with van der Waals surface area (Å²) in [6, 6.07) is 13.0. The molecule has 5 heteroatoms. The summed E-state index contributed by atoms with van der Waals surface area (Å²) in [5.74, 6) is -0.0548. The number of benzene rings is 1. The molecule has 0 amide bonds. The standard InChI is InChI=1S/C18H15FN2O2/c1-13-2-7-17(23-12-14-3-5-15(19)6-4-14)18(22)21(13)16-8-10-20-11-9-16/h2-11H,12H2,1H3. The monoisotopic (exact) mass is 310 g/mol. The lowest BCUT2D eigenvalue weighted by molar-refractivity contribution is 0.300. The molecular weight excluding hydrogens is 295 g/mol. The van der Waals surface area contributed by atoms with Gasteiger partial charge in [0.15, 0.2) is 5.75 Å². The van der Waals surface area contributed by atoms with Gasteiger partial charge in [-0.1, -0.05) is 12.1 Å². The molecule has 23 heavy (non-hydrogen) atoms. The topological polar surface area (TPSA) is 44.1 Å². The highest BCUT2D eigenvalue weighted by atomic mass is 19.1. The van der Waals surface area contributed by atoms with Crippen LogP contribution in [0.4, 0.5) is 4.39 Å². The Bertz CT molecular complexity index is 858. The van der Waals surface area contributed by atoms with Gasteiger partial charge in [-0.2, -0.15) is 0 Å². The van der Waals surface area contributed by atoms with Gasteiger partial charge >= 0.3 is 0 Å². The normalized spacial score (nSPS) is 10.5. The first kappa shape index (κ1) is 15.0. The molecule has 0 bridgehead atoms. The molecule has 0 aliphatic heterocycles. The van der Waals surface area contributed by atoms with E-state index in [2.05, 4.69) is 4.98 Å². The molecule has 4 nitrogen and oxygen atoms in total. The van der Waals surface area contributed by atoms with E-state index in [9.17, 15) is 9.18 Å². The van der Waals surface area contributed by atoms with Crippen molar-refractivity contribution in [2.45, 2.75) is 13.5 Å². The number of aromatic nitrogens is 2. The van der Waals surface area contributed by atoms with Crippen molar-refractivity contribution in [2.24, 2.45) is 0 Å². The van der Waals surface area contributed by atoms with Crippen LogP contribution in [0.3, 0.4) is 0 Å². The van der Waals surface area contributed by atoms with Gasteiger partial charge in [0.1, 0.15) is 12.4 Å². The van der Waals surface area contributed by atoms with Crippen LogP contribution in [0.2, 0.25) is 0 Å². The quantitative estimate of drug-likeness (QED) is 0.743. The molecule has 0 radical (unpaired) electrons. The smallest absolute Gasteiger partial charge is 0.297 e. The van der Waals surface area contributed by atoms with Crippen LogP contribution in [0, 0.1) is 12.7 Å². The van der Waals surface area contributed by atoms with E-state index >= 15 is 0 Å². The zero-order valence-corrected chi connectivity index (χ0v) is 12.6. The van der Waals surface area contributed by atoms with Gasteiger partial charge in [0.05, 0.1) is 5.69 Å². The number of nitrogens with zero attached hydrogens (tertiary/aromatic N) is 2. The fourth-order valence-corrected chi connectivity index (χ4v) is 2.28. The lowest BCUT2D eigenvalue weighted by atomic mass is 10.2. The van der Waals surface area contributed by atoms with Crippen molar-refractivity contribution in [3.8, 4) is 11.4 Å². The highest BCUT2D eigenvalue weighted by Crippen LogP contribution is 2.13. The average molecular weight is 310 g/mol. The summed E-state index contributed by atoms with van der Waals surface area (Å²) < 4.78 is 20.1. The zero-order valence-electron chi connectivity index (χ0n) is 12.6. The highest BCUT2D eigenvalue weighted by molar-refractivity contribution is 5.35. The van der Waals surface area contributed by atoms with Gasteiger partial charge in [0.25, 0.3) is 5.56 Å². The second-order valence-electron chi connectivity index (χ2n) is 5.10. The number of hydrogen-bond donors (Lipinski definition) is 0. The average Bonchev–Trinajstić information content (AvgIpc) is 2.57. The molecule has 0 saturated carbocycles. The molecule has 0 unspecified atom stereocenters. The van der Waals surface area contributed by atoms with E-state index in [4.69, 9.17) is 4.74 Å². The Morgan fingerprint density at radius 2 is 1.74 bits per heavy atom. The van der Waals surface area contributed by atoms with Crippen LogP contribution in [-0.2, 0) is 6.61 Å².